The monoisotopic (exact) mass is 498 g/mol. The van der Waals surface area contributed by atoms with Crippen LogP contribution in [0.5, 0.6) is 5.75 Å². The average molecular weight is 499 g/mol. The zero-order valence-corrected chi connectivity index (χ0v) is 20.0. The molecule has 35 heavy (non-hydrogen) atoms. The molecule has 3 aromatic carbocycles. The zero-order valence-electron chi connectivity index (χ0n) is 19.2. The normalized spacial score (nSPS) is 18.2. The molecule has 0 bridgehead atoms. The smallest absolute Gasteiger partial charge is 0.320 e. The molecule has 4 N–H and O–H groups in total. The van der Waals surface area contributed by atoms with E-state index in [1.54, 1.807) is 24.3 Å². The number of carboxylic acids is 1. The van der Waals surface area contributed by atoms with Gasteiger partial charge in [-0.3, -0.25) is 9.69 Å². The van der Waals surface area contributed by atoms with Gasteiger partial charge in [-0.25, -0.2) is 14.3 Å². The maximum atomic E-state index is 13.3. The fourth-order valence-electron chi connectivity index (χ4n) is 4.19. The molecule has 1 fully saturated rings. The summed E-state index contributed by atoms with van der Waals surface area (Å²) in [5.41, 5.74) is 2.03. The third-order valence-corrected chi connectivity index (χ3v) is 8.25. The third-order valence-electron chi connectivity index (χ3n) is 6.02. The molecule has 1 aliphatic rings. The number of hydrogen-bond acceptors (Lipinski definition) is 7. The Bertz CT molecular complexity index is 1170. The second kappa shape index (κ2) is 12.5. The van der Waals surface area contributed by atoms with Gasteiger partial charge in [-0.05, 0) is 48.2 Å². The van der Waals surface area contributed by atoms with E-state index in [1.165, 1.54) is 0 Å². The lowest BCUT2D eigenvalue weighted by Gasteiger charge is -2.36. The van der Waals surface area contributed by atoms with Crippen molar-refractivity contribution in [3.8, 4) is 5.75 Å². The number of nitrogens with two attached hydrogens (primary N) is 1. The SMILES string of the molecule is NO.O=C(O)C1CC(S(=O)(=O)c2ccc(OCc3ccccc3)cc2)CCN1Cc1ccccc1. The molecule has 1 saturated heterocycles. The Hall–Kier alpha value is -3.24. The van der Waals surface area contributed by atoms with Crippen molar-refractivity contribution in [1.82, 2.24) is 4.90 Å². The van der Waals surface area contributed by atoms with Crippen LogP contribution < -0.4 is 10.6 Å². The van der Waals surface area contributed by atoms with Crippen molar-refractivity contribution >= 4 is 15.8 Å². The number of hydrogen-bond donors (Lipinski definition) is 3. The summed E-state index contributed by atoms with van der Waals surface area (Å²) in [6.07, 6.45) is 0.460. The van der Waals surface area contributed by atoms with Crippen molar-refractivity contribution in [3.05, 3.63) is 96.1 Å². The lowest BCUT2D eigenvalue weighted by molar-refractivity contribution is -0.144. The van der Waals surface area contributed by atoms with Crippen LogP contribution in [0.4, 0.5) is 0 Å². The molecule has 0 radical (unpaired) electrons. The van der Waals surface area contributed by atoms with E-state index in [0.717, 1.165) is 11.1 Å². The summed E-state index contributed by atoms with van der Waals surface area (Å²) in [5, 5.41) is 15.5. The predicted octanol–water partition coefficient (Wildman–Crippen LogP) is 3.49. The van der Waals surface area contributed by atoms with Gasteiger partial charge in [0.05, 0.1) is 10.1 Å². The number of rotatable bonds is 8. The summed E-state index contributed by atoms with van der Waals surface area (Å²) in [5.74, 6) is 3.09. The summed E-state index contributed by atoms with van der Waals surface area (Å²) < 4.78 is 32.3. The van der Waals surface area contributed by atoms with Crippen LogP contribution in [0.2, 0.25) is 0 Å². The van der Waals surface area contributed by atoms with Crippen molar-refractivity contribution in [3.63, 3.8) is 0 Å². The molecule has 0 amide bonds. The van der Waals surface area contributed by atoms with Crippen LogP contribution in [-0.4, -0.2) is 47.4 Å². The highest BCUT2D eigenvalue weighted by atomic mass is 32.2. The molecule has 0 saturated carbocycles. The zero-order chi connectivity index (χ0) is 25.3. The van der Waals surface area contributed by atoms with E-state index in [2.05, 4.69) is 5.90 Å². The Morgan fingerprint density at radius 3 is 2.06 bits per heavy atom. The van der Waals surface area contributed by atoms with Crippen LogP contribution in [0, 0.1) is 0 Å². The summed E-state index contributed by atoms with van der Waals surface area (Å²) in [6, 6.07) is 24.9. The summed E-state index contributed by atoms with van der Waals surface area (Å²) in [4.78, 5) is 14.0. The summed E-state index contributed by atoms with van der Waals surface area (Å²) in [7, 11) is -3.65. The van der Waals surface area contributed by atoms with Gasteiger partial charge in [0.1, 0.15) is 18.4 Å². The van der Waals surface area contributed by atoms with Crippen molar-refractivity contribution in [2.45, 2.75) is 42.2 Å². The maximum absolute atomic E-state index is 13.3. The number of carbonyl (C=O) groups is 1. The Morgan fingerprint density at radius 1 is 0.914 bits per heavy atom. The number of aliphatic carboxylic acids is 1. The predicted molar refractivity (Wildman–Crippen MR) is 132 cm³/mol. The van der Waals surface area contributed by atoms with E-state index < -0.39 is 27.1 Å². The number of piperidine rings is 1. The maximum Gasteiger partial charge on any atom is 0.320 e. The molecule has 0 aliphatic carbocycles. The molecule has 9 heteroatoms. The molecule has 186 valence electrons. The van der Waals surface area contributed by atoms with Crippen LogP contribution in [0.1, 0.15) is 24.0 Å². The molecule has 2 atom stereocenters. The van der Waals surface area contributed by atoms with E-state index in [9.17, 15) is 18.3 Å². The van der Waals surface area contributed by atoms with Crippen LogP contribution in [0.15, 0.2) is 89.8 Å². The van der Waals surface area contributed by atoms with Crippen LogP contribution in [-0.2, 0) is 27.8 Å². The highest BCUT2D eigenvalue weighted by Crippen LogP contribution is 2.30. The molecule has 0 aromatic heterocycles. The number of benzene rings is 3. The Morgan fingerprint density at radius 2 is 1.49 bits per heavy atom. The Kier molecular flexibility index (Phi) is 9.39. The van der Waals surface area contributed by atoms with Crippen LogP contribution >= 0.6 is 0 Å². The minimum Gasteiger partial charge on any atom is -0.489 e. The fourth-order valence-corrected chi connectivity index (χ4v) is 5.94. The quantitative estimate of drug-likeness (QED) is 0.403. The topological polar surface area (TPSA) is 130 Å². The lowest BCUT2D eigenvalue weighted by atomic mass is 10.0. The van der Waals surface area contributed by atoms with E-state index >= 15 is 0 Å². The van der Waals surface area contributed by atoms with Gasteiger partial charge >= 0.3 is 5.97 Å². The summed E-state index contributed by atoms with van der Waals surface area (Å²) >= 11 is 0. The van der Waals surface area contributed by atoms with Gasteiger partial charge in [0.2, 0.25) is 0 Å². The number of sulfone groups is 1. The van der Waals surface area contributed by atoms with Crippen molar-refractivity contribution in [1.29, 1.82) is 0 Å². The van der Waals surface area contributed by atoms with Crippen molar-refractivity contribution < 1.29 is 28.3 Å². The first-order valence-corrected chi connectivity index (χ1v) is 12.8. The van der Waals surface area contributed by atoms with Gasteiger partial charge in [-0.15, -0.1) is 0 Å². The minimum atomic E-state index is -3.65. The van der Waals surface area contributed by atoms with E-state index in [0.29, 0.717) is 31.9 Å². The molecule has 3 aromatic rings. The minimum absolute atomic E-state index is 0.0662. The van der Waals surface area contributed by atoms with Gasteiger partial charge < -0.3 is 15.1 Å². The van der Waals surface area contributed by atoms with Crippen molar-refractivity contribution in [2.24, 2.45) is 5.90 Å². The number of nitrogens with zero attached hydrogens (tertiary/aromatic N) is 1. The van der Waals surface area contributed by atoms with E-state index in [1.807, 2.05) is 65.6 Å². The molecular formula is C26H30N2O6S. The molecule has 0 spiro atoms. The second-order valence-corrected chi connectivity index (χ2v) is 10.5. The molecule has 2 unspecified atom stereocenters. The first-order valence-electron chi connectivity index (χ1n) is 11.2. The van der Waals surface area contributed by atoms with E-state index in [4.69, 9.17) is 9.94 Å². The largest absolute Gasteiger partial charge is 0.489 e. The molecular weight excluding hydrogens is 468 g/mol. The number of carboxylic acid groups (broad SMARTS) is 1. The standard InChI is InChI=1S/C26H27NO5S.H3NO/c28-26(29)25-17-24(15-16-27(25)18-20-7-3-1-4-8-20)33(30,31)23-13-11-22(12-14-23)32-19-21-9-5-2-6-10-21;1-2/h1-14,24-25H,15-19H2,(H,28,29);2H,1H2. The van der Waals surface area contributed by atoms with Crippen LogP contribution in [0.25, 0.3) is 0 Å². The van der Waals surface area contributed by atoms with Crippen LogP contribution in [0.3, 0.4) is 0 Å². The van der Waals surface area contributed by atoms with Gasteiger partial charge in [-0.1, -0.05) is 60.7 Å². The van der Waals surface area contributed by atoms with Crippen molar-refractivity contribution in [2.75, 3.05) is 6.54 Å². The lowest BCUT2D eigenvalue weighted by Crippen LogP contribution is -2.49. The Balaban J connectivity index is 0.00000167. The van der Waals surface area contributed by atoms with Gasteiger partial charge in [-0.2, -0.15) is 0 Å². The first-order chi connectivity index (χ1) is 16.9. The second-order valence-electron chi connectivity index (χ2n) is 8.25. The molecule has 4 rings (SSSR count). The highest BCUT2D eigenvalue weighted by Gasteiger charge is 2.39. The highest BCUT2D eigenvalue weighted by molar-refractivity contribution is 7.92. The number of likely N-dealkylation sites (tertiary alicyclic amines) is 1. The number of ether oxygens (including phenoxy) is 1. The third kappa shape index (κ3) is 6.89. The molecule has 1 aliphatic heterocycles. The van der Waals surface area contributed by atoms with Gasteiger partial charge in [0, 0.05) is 13.1 Å². The van der Waals surface area contributed by atoms with Gasteiger partial charge in [0.15, 0.2) is 9.84 Å². The van der Waals surface area contributed by atoms with Gasteiger partial charge in [0.25, 0.3) is 0 Å². The summed E-state index contributed by atoms with van der Waals surface area (Å²) in [6.45, 7) is 1.29. The molecule has 1 heterocycles. The fraction of sp³-hybridized carbons (Fsp3) is 0.269. The average Bonchev–Trinajstić information content (AvgIpc) is 2.90. The molecule has 8 nitrogen and oxygen atoms in total. The Labute approximate surface area is 205 Å². The first kappa shape index (κ1) is 26.4. The van der Waals surface area contributed by atoms with E-state index in [-0.39, 0.29) is 11.3 Å².